The van der Waals surface area contributed by atoms with Crippen molar-refractivity contribution in [3.05, 3.63) is 64.7 Å². The number of nitrogens with one attached hydrogen (secondary N) is 1. The van der Waals surface area contributed by atoms with Crippen LogP contribution in [0.5, 0.6) is 5.75 Å². The molecule has 2 rings (SSSR count). The van der Waals surface area contributed by atoms with E-state index in [1.165, 1.54) is 0 Å². The molecule has 5 heteroatoms. The molecule has 0 aliphatic carbocycles. The molecule has 2 aromatic carbocycles. The summed E-state index contributed by atoms with van der Waals surface area (Å²) in [7, 11) is 0. The molecule has 0 saturated heterocycles. The van der Waals surface area contributed by atoms with Crippen molar-refractivity contribution in [2.24, 2.45) is 0 Å². The van der Waals surface area contributed by atoms with Crippen LogP contribution in [0.4, 0.5) is 0 Å². The minimum Gasteiger partial charge on any atom is -0.483 e. The van der Waals surface area contributed by atoms with Gasteiger partial charge in [-0.1, -0.05) is 55.3 Å². The molecule has 0 aliphatic heterocycles. The van der Waals surface area contributed by atoms with E-state index in [0.717, 1.165) is 35.1 Å². The molecule has 30 heavy (non-hydrogen) atoms. The summed E-state index contributed by atoms with van der Waals surface area (Å²) in [6.45, 7) is 10.7. The van der Waals surface area contributed by atoms with Gasteiger partial charge < -0.3 is 15.0 Å². The maximum atomic E-state index is 13.1. The fourth-order valence-electron chi connectivity index (χ4n) is 3.27. The molecule has 0 spiro atoms. The molecule has 0 unspecified atom stereocenters. The number of aryl methyl sites for hydroxylation is 3. The summed E-state index contributed by atoms with van der Waals surface area (Å²) in [4.78, 5) is 27.4. The highest BCUT2D eigenvalue weighted by Crippen LogP contribution is 2.19. The van der Waals surface area contributed by atoms with Crippen LogP contribution in [-0.4, -0.2) is 35.9 Å². The molecule has 2 amide bonds. The molecule has 0 heterocycles. The summed E-state index contributed by atoms with van der Waals surface area (Å²) in [6.07, 6.45) is 1.92. The van der Waals surface area contributed by atoms with Gasteiger partial charge in [-0.05, 0) is 56.9 Å². The summed E-state index contributed by atoms with van der Waals surface area (Å²) in [5.41, 5.74) is 4.23. The van der Waals surface area contributed by atoms with Crippen molar-refractivity contribution in [2.45, 2.75) is 60.0 Å². The molecular weight excluding hydrogens is 376 g/mol. The van der Waals surface area contributed by atoms with Crippen molar-refractivity contribution < 1.29 is 14.3 Å². The molecule has 0 aliphatic rings. The molecule has 1 N–H and O–H groups in total. The minimum atomic E-state index is -0.586. The van der Waals surface area contributed by atoms with Gasteiger partial charge in [0.1, 0.15) is 11.8 Å². The molecule has 5 nitrogen and oxygen atoms in total. The minimum absolute atomic E-state index is 0.109. The number of nitrogens with zero attached hydrogens (tertiary/aromatic N) is 1. The maximum Gasteiger partial charge on any atom is 0.261 e. The van der Waals surface area contributed by atoms with E-state index in [4.69, 9.17) is 4.74 Å². The lowest BCUT2D eigenvalue weighted by Crippen LogP contribution is -2.49. The Labute approximate surface area is 180 Å². The number of benzene rings is 2. The topological polar surface area (TPSA) is 58.6 Å². The Kier molecular flexibility index (Phi) is 8.90. The molecule has 0 aromatic heterocycles. The van der Waals surface area contributed by atoms with E-state index < -0.39 is 6.04 Å². The molecule has 0 bridgehead atoms. The second-order valence-corrected chi connectivity index (χ2v) is 7.83. The van der Waals surface area contributed by atoms with Gasteiger partial charge in [0, 0.05) is 13.1 Å². The third-order valence-electron chi connectivity index (χ3n) is 5.28. The standard InChI is InChI=1S/C25H34N2O3/c1-6-7-14-26-25(29)21(5)27(16-22-11-9-8-10-19(22)3)24(28)17-30-23-13-12-18(2)15-20(23)4/h8-13,15,21H,6-7,14,16-17H2,1-5H3,(H,26,29)/t21-/m1/s1. The molecular formula is C25H34N2O3. The van der Waals surface area contributed by atoms with E-state index in [1.54, 1.807) is 11.8 Å². The van der Waals surface area contributed by atoms with Crippen LogP contribution < -0.4 is 10.1 Å². The van der Waals surface area contributed by atoms with Crippen LogP contribution in [0.2, 0.25) is 0 Å². The second-order valence-electron chi connectivity index (χ2n) is 7.83. The van der Waals surface area contributed by atoms with E-state index in [2.05, 4.69) is 12.2 Å². The van der Waals surface area contributed by atoms with Crippen molar-refractivity contribution >= 4 is 11.8 Å². The summed E-state index contributed by atoms with van der Waals surface area (Å²) in [5.74, 6) is 0.332. The Morgan fingerprint density at radius 1 is 1.07 bits per heavy atom. The summed E-state index contributed by atoms with van der Waals surface area (Å²) in [6, 6.07) is 13.2. The van der Waals surface area contributed by atoms with Crippen LogP contribution in [0, 0.1) is 20.8 Å². The number of hydrogen-bond donors (Lipinski definition) is 1. The average Bonchev–Trinajstić information content (AvgIpc) is 2.72. The first-order valence-corrected chi connectivity index (χ1v) is 10.6. The summed E-state index contributed by atoms with van der Waals surface area (Å²) >= 11 is 0. The van der Waals surface area contributed by atoms with Gasteiger partial charge in [0.2, 0.25) is 5.91 Å². The van der Waals surface area contributed by atoms with Crippen molar-refractivity contribution in [1.82, 2.24) is 10.2 Å². The third kappa shape index (κ3) is 6.61. The first-order valence-electron chi connectivity index (χ1n) is 10.6. The zero-order chi connectivity index (χ0) is 22.1. The Morgan fingerprint density at radius 2 is 1.80 bits per heavy atom. The van der Waals surface area contributed by atoms with Gasteiger partial charge in [0.05, 0.1) is 0 Å². The third-order valence-corrected chi connectivity index (χ3v) is 5.28. The van der Waals surface area contributed by atoms with E-state index >= 15 is 0 Å². The number of carbonyl (C=O) groups excluding carboxylic acids is 2. The Balaban J connectivity index is 2.15. The van der Waals surface area contributed by atoms with Gasteiger partial charge in [0.25, 0.3) is 5.91 Å². The number of hydrogen-bond acceptors (Lipinski definition) is 3. The van der Waals surface area contributed by atoms with Gasteiger partial charge in [-0.2, -0.15) is 0 Å². The Bertz CT molecular complexity index is 863. The van der Waals surface area contributed by atoms with Crippen LogP contribution >= 0.6 is 0 Å². The predicted molar refractivity (Wildman–Crippen MR) is 121 cm³/mol. The first-order chi connectivity index (χ1) is 14.3. The lowest BCUT2D eigenvalue weighted by atomic mass is 10.1. The number of ether oxygens (including phenoxy) is 1. The second kappa shape index (κ2) is 11.4. The van der Waals surface area contributed by atoms with Crippen LogP contribution in [0.15, 0.2) is 42.5 Å². The van der Waals surface area contributed by atoms with Gasteiger partial charge in [0.15, 0.2) is 6.61 Å². The molecule has 2 aromatic rings. The van der Waals surface area contributed by atoms with Gasteiger partial charge in [-0.25, -0.2) is 0 Å². The van der Waals surface area contributed by atoms with E-state index in [1.807, 2.05) is 63.2 Å². The first kappa shape index (κ1) is 23.5. The number of carbonyl (C=O) groups is 2. The summed E-state index contributed by atoms with van der Waals surface area (Å²) in [5, 5.41) is 2.93. The van der Waals surface area contributed by atoms with Crippen molar-refractivity contribution in [3.8, 4) is 5.75 Å². The van der Waals surface area contributed by atoms with Crippen molar-refractivity contribution in [1.29, 1.82) is 0 Å². The lowest BCUT2D eigenvalue weighted by molar-refractivity contribution is -0.142. The zero-order valence-electron chi connectivity index (χ0n) is 18.8. The lowest BCUT2D eigenvalue weighted by Gasteiger charge is -2.29. The number of unbranched alkanes of at least 4 members (excludes halogenated alkanes) is 1. The number of rotatable bonds is 10. The highest BCUT2D eigenvalue weighted by molar-refractivity contribution is 5.88. The number of amides is 2. The summed E-state index contributed by atoms with van der Waals surface area (Å²) < 4.78 is 5.81. The van der Waals surface area contributed by atoms with Gasteiger partial charge in [-0.3, -0.25) is 9.59 Å². The van der Waals surface area contributed by atoms with Crippen LogP contribution in [-0.2, 0) is 16.1 Å². The fraction of sp³-hybridized carbons (Fsp3) is 0.440. The molecule has 0 radical (unpaired) electrons. The molecule has 0 fully saturated rings. The largest absolute Gasteiger partial charge is 0.483 e. The monoisotopic (exact) mass is 410 g/mol. The maximum absolute atomic E-state index is 13.1. The van der Waals surface area contributed by atoms with Crippen LogP contribution in [0.1, 0.15) is 48.9 Å². The SMILES string of the molecule is CCCCNC(=O)[C@@H](C)N(Cc1ccccc1C)C(=O)COc1ccc(C)cc1C. The predicted octanol–water partition coefficient (Wildman–Crippen LogP) is 4.32. The van der Waals surface area contributed by atoms with Crippen molar-refractivity contribution in [2.75, 3.05) is 13.2 Å². The smallest absolute Gasteiger partial charge is 0.261 e. The Hall–Kier alpha value is -2.82. The molecule has 0 saturated carbocycles. The molecule has 162 valence electrons. The van der Waals surface area contributed by atoms with Crippen LogP contribution in [0.25, 0.3) is 0 Å². The highest BCUT2D eigenvalue weighted by atomic mass is 16.5. The quantitative estimate of drug-likeness (QED) is 0.593. The van der Waals surface area contributed by atoms with Crippen molar-refractivity contribution in [3.63, 3.8) is 0 Å². The normalized spacial score (nSPS) is 11.6. The zero-order valence-corrected chi connectivity index (χ0v) is 18.8. The fourth-order valence-corrected chi connectivity index (χ4v) is 3.27. The van der Waals surface area contributed by atoms with Gasteiger partial charge in [-0.15, -0.1) is 0 Å². The Morgan fingerprint density at radius 3 is 2.47 bits per heavy atom. The average molecular weight is 411 g/mol. The highest BCUT2D eigenvalue weighted by Gasteiger charge is 2.26. The van der Waals surface area contributed by atoms with Gasteiger partial charge >= 0.3 is 0 Å². The molecule has 1 atom stereocenters. The van der Waals surface area contributed by atoms with E-state index in [0.29, 0.717) is 18.8 Å². The van der Waals surface area contributed by atoms with Crippen LogP contribution in [0.3, 0.4) is 0 Å². The van der Waals surface area contributed by atoms with E-state index in [-0.39, 0.29) is 18.4 Å². The van der Waals surface area contributed by atoms with E-state index in [9.17, 15) is 9.59 Å².